The van der Waals surface area contributed by atoms with Crippen molar-refractivity contribution in [1.29, 1.82) is 0 Å². The number of hydrogen-bond acceptors (Lipinski definition) is 4. The standard InChI is InChI=1S/C15H17ClN4/c1-15(2,3)19-9-11(7-17)10-6-13-12(18-8-10)4-5-14(16)20-13/h4-9H,17H2,1-3H3. The molecule has 20 heavy (non-hydrogen) atoms. The molecule has 0 bridgehead atoms. The number of fused-ring (bicyclic) bond motifs is 1. The lowest BCUT2D eigenvalue weighted by atomic mass is 10.1. The van der Waals surface area contributed by atoms with E-state index < -0.39 is 0 Å². The maximum absolute atomic E-state index is 5.90. The van der Waals surface area contributed by atoms with Crippen LogP contribution in [0.2, 0.25) is 5.15 Å². The molecule has 0 amide bonds. The van der Waals surface area contributed by atoms with Gasteiger partial charge in [-0.05, 0) is 39.0 Å². The van der Waals surface area contributed by atoms with E-state index >= 15 is 0 Å². The van der Waals surface area contributed by atoms with Crippen molar-refractivity contribution < 1.29 is 0 Å². The van der Waals surface area contributed by atoms with Crippen LogP contribution in [-0.2, 0) is 0 Å². The summed E-state index contributed by atoms with van der Waals surface area (Å²) in [7, 11) is 0. The van der Waals surface area contributed by atoms with E-state index in [9.17, 15) is 0 Å². The fraction of sp³-hybridized carbons (Fsp3) is 0.267. The maximum Gasteiger partial charge on any atom is 0.129 e. The van der Waals surface area contributed by atoms with Crippen LogP contribution >= 0.6 is 11.6 Å². The van der Waals surface area contributed by atoms with Gasteiger partial charge in [0.25, 0.3) is 0 Å². The lowest BCUT2D eigenvalue weighted by molar-refractivity contribution is 0.587. The molecule has 0 aliphatic rings. The largest absolute Gasteiger partial charge is 0.404 e. The Morgan fingerprint density at radius 2 is 2.05 bits per heavy atom. The van der Waals surface area contributed by atoms with Crippen molar-refractivity contribution >= 4 is 34.4 Å². The van der Waals surface area contributed by atoms with Gasteiger partial charge in [-0.15, -0.1) is 0 Å². The van der Waals surface area contributed by atoms with E-state index in [-0.39, 0.29) is 5.54 Å². The Morgan fingerprint density at radius 3 is 2.70 bits per heavy atom. The minimum absolute atomic E-state index is 0.153. The predicted molar refractivity (Wildman–Crippen MR) is 85.0 cm³/mol. The molecule has 2 aromatic rings. The van der Waals surface area contributed by atoms with Gasteiger partial charge in [0.1, 0.15) is 5.15 Å². The Labute approximate surface area is 123 Å². The van der Waals surface area contributed by atoms with Crippen molar-refractivity contribution in [1.82, 2.24) is 9.97 Å². The van der Waals surface area contributed by atoms with Gasteiger partial charge in [-0.1, -0.05) is 11.6 Å². The average molecular weight is 289 g/mol. The lowest BCUT2D eigenvalue weighted by Crippen LogP contribution is -2.10. The number of allylic oxidation sites excluding steroid dienone is 1. The van der Waals surface area contributed by atoms with Crippen molar-refractivity contribution in [3.8, 4) is 0 Å². The van der Waals surface area contributed by atoms with Crippen LogP contribution in [-0.4, -0.2) is 21.7 Å². The molecule has 4 nitrogen and oxygen atoms in total. The van der Waals surface area contributed by atoms with E-state index in [2.05, 4.69) is 15.0 Å². The molecule has 0 fully saturated rings. The van der Waals surface area contributed by atoms with E-state index in [1.54, 1.807) is 18.5 Å². The molecule has 0 aromatic carbocycles. The number of hydrogen-bond donors (Lipinski definition) is 1. The van der Waals surface area contributed by atoms with Crippen LogP contribution in [0, 0.1) is 0 Å². The van der Waals surface area contributed by atoms with Gasteiger partial charge in [-0.3, -0.25) is 9.98 Å². The highest BCUT2D eigenvalue weighted by atomic mass is 35.5. The third kappa shape index (κ3) is 3.54. The molecule has 2 N–H and O–H groups in total. The summed E-state index contributed by atoms with van der Waals surface area (Å²) in [5.74, 6) is 0. The van der Waals surface area contributed by atoms with E-state index in [4.69, 9.17) is 17.3 Å². The molecule has 0 saturated carbocycles. The van der Waals surface area contributed by atoms with Crippen LogP contribution in [0.1, 0.15) is 26.3 Å². The number of halogens is 1. The molecule has 5 heteroatoms. The third-order valence-corrected chi connectivity index (χ3v) is 2.82. The zero-order valence-electron chi connectivity index (χ0n) is 11.8. The smallest absolute Gasteiger partial charge is 0.129 e. The average Bonchev–Trinajstić information content (AvgIpc) is 2.37. The summed E-state index contributed by atoms with van der Waals surface area (Å²) in [6, 6.07) is 5.46. The first kappa shape index (κ1) is 14.5. The SMILES string of the molecule is CC(C)(C)N=CC(=CN)c1cnc2ccc(Cl)nc2c1. The van der Waals surface area contributed by atoms with E-state index in [1.807, 2.05) is 32.9 Å². The van der Waals surface area contributed by atoms with E-state index in [0.717, 1.165) is 22.2 Å². The van der Waals surface area contributed by atoms with Crippen molar-refractivity contribution in [2.45, 2.75) is 26.3 Å². The second-order valence-electron chi connectivity index (χ2n) is 5.45. The normalized spacial score (nSPS) is 13.3. The third-order valence-electron chi connectivity index (χ3n) is 2.61. The lowest BCUT2D eigenvalue weighted by Gasteiger charge is -2.11. The van der Waals surface area contributed by atoms with Gasteiger partial charge in [-0.25, -0.2) is 4.98 Å². The maximum atomic E-state index is 5.90. The fourth-order valence-corrected chi connectivity index (χ4v) is 1.77. The monoisotopic (exact) mass is 288 g/mol. The predicted octanol–water partition coefficient (Wildman–Crippen LogP) is 3.45. The summed E-state index contributed by atoms with van der Waals surface area (Å²) in [5.41, 5.74) is 8.72. The second kappa shape index (κ2) is 5.59. The van der Waals surface area contributed by atoms with E-state index in [0.29, 0.717) is 5.15 Å². The Balaban J connectivity index is 2.43. The summed E-state index contributed by atoms with van der Waals surface area (Å²) in [6.07, 6.45) is 5.03. The van der Waals surface area contributed by atoms with Crippen molar-refractivity contribution in [2.75, 3.05) is 0 Å². The van der Waals surface area contributed by atoms with E-state index in [1.165, 1.54) is 6.20 Å². The second-order valence-corrected chi connectivity index (χ2v) is 5.83. The van der Waals surface area contributed by atoms with Crippen molar-refractivity contribution in [3.63, 3.8) is 0 Å². The molecule has 0 saturated heterocycles. The Hall–Kier alpha value is -1.94. The number of nitrogens with two attached hydrogens (primary N) is 1. The highest BCUT2D eigenvalue weighted by Gasteiger charge is 2.07. The Kier molecular flexibility index (Phi) is 4.04. The summed E-state index contributed by atoms with van der Waals surface area (Å²) in [6.45, 7) is 6.08. The molecular formula is C15H17ClN4. The zero-order valence-corrected chi connectivity index (χ0v) is 12.5. The highest BCUT2D eigenvalue weighted by molar-refractivity contribution is 6.29. The molecule has 0 spiro atoms. The number of aliphatic imine (C=N–C) groups is 1. The molecular weight excluding hydrogens is 272 g/mol. The molecule has 0 aliphatic heterocycles. The molecule has 0 aliphatic carbocycles. The van der Waals surface area contributed by atoms with Gasteiger partial charge in [0, 0.05) is 29.7 Å². The highest BCUT2D eigenvalue weighted by Crippen LogP contribution is 2.19. The molecule has 0 unspecified atom stereocenters. The van der Waals surface area contributed by atoms with Crippen molar-refractivity contribution in [2.24, 2.45) is 10.7 Å². The quantitative estimate of drug-likeness (QED) is 0.680. The molecule has 104 valence electrons. The summed E-state index contributed by atoms with van der Waals surface area (Å²) < 4.78 is 0. The first-order valence-electron chi connectivity index (χ1n) is 6.29. The van der Waals surface area contributed by atoms with Crippen LogP contribution in [0.25, 0.3) is 16.6 Å². The summed E-state index contributed by atoms with van der Waals surface area (Å²) >= 11 is 5.90. The Morgan fingerprint density at radius 1 is 1.30 bits per heavy atom. The number of pyridine rings is 2. The molecule has 2 aromatic heterocycles. The molecule has 0 atom stereocenters. The molecule has 0 radical (unpaired) electrons. The van der Waals surface area contributed by atoms with Crippen LogP contribution < -0.4 is 5.73 Å². The van der Waals surface area contributed by atoms with Gasteiger partial charge in [0.05, 0.1) is 16.6 Å². The number of nitrogens with zero attached hydrogens (tertiary/aromatic N) is 3. The number of rotatable bonds is 2. The Bertz CT molecular complexity index is 684. The molecule has 2 rings (SSSR count). The first-order chi connectivity index (χ1) is 9.39. The minimum atomic E-state index is -0.153. The van der Waals surface area contributed by atoms with Crippen LogP contribution in [0.15, 0.2) is 35.6 Å². The summed E-state index contributed by atoms with van der Waals surface area (Å²) in [5, 5.41) is 0.443. The molecule has 2 heterocycles. The van der Waals surface area contributed by atoms with Gasteiger partial charge in [0.15, 0.2) is 0 Å². The fourth-order valence-electron chi connectivity index (χ4n) is 1.62. The van der Waals surface area contributed by atoms with Crippen LogP contribution in [0.4, 0.5) is 0 Å². The van der Waals surface area contributed by atoms with Crippen LogP contribution in [0.3, 0.4) is 0 Å². The van der Waals surface area contributed by atoms with Gasteiger partial charge < -0.3 is 5.73 Å². The zero-order chi connectivity index (χ0) is 14.8. The number of aromatic nitrogens is 2. The minimum Gasteiger partial charge on any atom is -0.404 e. The van der Waals surface area contributed by atoms with Crippen LogP contribution in [0.5, 0.6) is 0 Å². The van der Waals surface area contributed by atoms with Gasteiger partial charge >= 0.3 is 0 Å². The van der Waals surface area contributed by atoms with Crippen molar-refractivity contribution in [3.05, 3.63) is 41.3 Å². The summed E-state index contributed by atoms with van der Waals surface area (Å²) in [4.78, 5) is 13.1. The van der Waals surface area contributed by atoms with Gasteiger partial charge in [-0.2, -0.15) is 0 Å². The first-order valence-corrected chi connectivity index (χ1v) is 6.67. The van der Waals surface area contributed by atoms with Gasteiger partial charge in [0.2, 0.25) is 0 Å². The topological polar surface area (TPSA) is 64.2 Å².